The Balaban J connectivity index is 1.94. The summed E-state index contributed by atoms with van der Waals surface area (Å²) in [5.41, 5.74) is 4.09. The summed E-state index contributed by atoms with van der Waals surface area (Å²) in [5, 5.41) is 15.9. The van der Waals surface area contributed by atoms with Crippen LogP contribution >= 0.6 is 11.8 Å². The summed E-state index contributed by atoms with van der Waals surface area (Å²) in [7, 11) is 0. The first-order chi connectivity index (χ1) is 11.5. The van der Waals surface area contributed by atoms with E-state index in [1.807, 2.05) is 36.7 Å². The normalized spacial score (nSPS) is 10.6. The Bertz CT molecular complexity index is 713. The van der Waals surface area contributed by atoms with E-state index in [4.69, 9.17) is 5.11 Å². The fourth-order valence-electron chi connectivity index (χ4n) is 2.37. The Morgan fingerprint density at radius 3 is 2.58 bits per heavy atom. The van der Waals surface area contributed by atoms with Gasteiger partial charge in [-0.15, -0.1) is 11.8 Å². The molecule has 0 bridgehead atoms. The molecule has 2 rings (SSSR count). The number of carbonyl (C=O) groups excluding carboxylic acids is 1. The van der Waals surface area contributed by atoms with Gasteiger partial charge in [0, 0.05) is 17.8 Å². The number of aliphatic carboxylic acids is 1. The van der Waals surface area contributed by atoms with Crippen LogP contribution in [0.1, 0.15) is 22.5 Å². The molecule has 1 amide bonds. The first-order valence-electron chi connectivity index (χ1n) is 7.60. The largest absolute Gasteiger partial charge is 0.481 e. The second-order valence-corrected chi connectivity index (χ2v) is 6.44. The van der Waals surface area contributed by atoms with Crippen LogP contribution in [0.3, 0.4) is 0 Å². The second kappa shape index (κ2) is 8.54. The van der Waals surface area contributed by atoms with Crippen molar-refractivity contribution in [2.24, 2.45) is 0 Å². The van der Waals surface area contributed by atoms with E-state index < -0.39 is 5.97 Å². The number of amides is 1. The van der Waals surface area contributed by atoms with Crippen LogP contribution in [0, 0.1) is 13.8 Å². The van der Waals surface area contributed by atoms with E-state index in [2.05, 4.69) is 22.5 Å². The molecule has 2 aromatic rings. The zero-order valence-electron chi connectivity index (χ0n) is 13.8. The first kappa shape index (κ1) is 18.1. The Kier molecular flexibility index (Phi) is 6.43. The molecule has 0 aliphatic rings. The molecule has 0 aliphatic heterocycles. The molecular weight excluding hydrogens is 326 g/mol. The molecule has 24 heavy (non-hydrogen) atoms. The zero-order chi connectivity index (χ0) is 17.5. The summed E-state index contributed by atoms with van der Waals surface area (Å²) in [6.45, 7) is 5.01. The molecule has 2 N–H and O–H groups in total. The Labute approximate surface area is 145 Å². The van der Waals surface area contributed by atoms with Crippen molar-refractivity contribution in [3.05, 3.63) is 52.8 Å². The monoisotopic (exact) mass is 347 g/mol. The van der Waals surface area contributed by atoms with Crippen LogP contribution < -0.4 is 5.32 Å². The third kappa shape index (κ3) is 5.13. The Morgan fingerprint density at radius 1 is 1.21 bits per heavy atom. The Hall–Kier alpha value is -2.28. The maximum Gasteiger partial charge on any atom is 0.313 e. The van der Waals surface area contributed by atoms with Gasteiger partial charge in [0.1, 0.15) is 0 Å². The molecule has 1 heterocycles. The maximum absolute atomic E-state index is 11.8. The van der Waals surface area contributed by atoms with Crippen molar-refractivity contribution in [1.82, 2.24) is 15.1 Å². The van der Waals surface area contributed by atoms with Crippen molar-refractivity contribution >= 4 is 23.6 Å². The van der Waals surface area contributed by atoms with Gasteiger partial charge in [-0.3, -0.25) is 14.3 Å². The van der Waals surface area contributed by atoms with E-state index in [1.54, 1.807) is 0 Å². The molecule has 0 saturated heterocycles. The molecule has 1 aromatic carbocycles. The summed E-state index contributed by atoms with van der Waals surface area (Å²) in [6, 6.07) is 10.1. The highest BCUT2D eigenvalue weighted by Gasteiger charge is 2.13. The number of aromatic nitrogens is 2. The van der Waals surface area contributed by atoms with Gasteiger partial charge < -0.3 is 10.4 Å². The van der Waals surface area contributed by atoms with Crippen molar-refractivity contribution in [1.29, 1.82) is 0 Å². The van der Waals surface area contributed by atoms with Crippen molar-refractivity contribution < 1.29 is 14.7 Å². The molecule has 0 radical (unpaired) electrons. The average Bonchev–Trinajstić information content (AvgIpc) is 2.80. The summed E-state index contributed by atoms with van der Waals surface area (Å²) in [6.07, 6.45) is 0. The van der Waals surface area contributed by atoms with E-state index in [0.29, 0.717) is 13.1 Å². The molecule has 7 heteroatoms. The SMILES string of the molecule is Cc1nn(Cc2ccccc2)c(C)c1CNC(=O)CSCC(=O)O. The van der Waals surface area contributed by atoms with Crippen LogP contribution in [0.2, 0.25) is 0 Å². The maximum atomic E-state index is 11.8. The van der Waals surface area contributed by atoms with E-state index in [9.17, 15) is 9.59 Å². The quantitative estimate of drug-likeness (QED) is 0.763. The van der Waals surface area contributed by atoms with Crippen LogP contribution in [-0.2, 0) is 22.7 Å². The van der Waals surface area contributed by atoms with E-state index in [-0.39, 0.29) is 17.4 Å². The van der Waals surface area contributed by atoms with Crippen LogP contribution in [0.25, 0.3) is 0 Å². The number of nitrogens with zero attached hydrogens (tertiary/aromatic N) is 2. The number of hydrogen-bond acceptors (Lipinski definition) is 4. The van der Waals surface area contributed by atoms with Gasteiger partial charge in [0.25, 0.3) is 0 Å². The molecule has 6 nitrogen and oxygen atoms in total. The fraction of sp³-hybridized carbons (Fsp3) is 0.353. The minimum absolute atomic E-state index is 0.0690. The summed E-state index contributed by atoms with van der Waals surface area (Å²) < 4.78 is 1.94. The lowest BCUT2D eigenvalue weighted by Crippen LogP contribution is -2.25. The number of hydrogen-bond donors (Lipinski definition) is 2. The van der Waals surface area contributed by atoms with Gasteiger partial charge >= 0.3 is 5.97 Å². The van der Waals surface area contributed by atoms with Gasteiger partial charge in [-0.05, 0) is 19.4 Å². The smallest absolute Gasteiger partial charge is 0.313 e. The molecule has 0 spiro atoms. The summed E-state index contributed by atoms with van der Waals surface area (Å²) in [4.78, 5) is 22.2. The molecule has 0 aliphatic carbocycles. The number of carboxylic acid groups (broad SMARTS) is 1. The number of nitrogens with one attached hydrogen (secondary N) is 1. The number of thioether (sulfide) groups is 1. The van der Waals surface area contributed by atoms with Gasteiger partial charge in [0.2, 0.25) is 5.91 Å². The van der Waals surface area contributed by atoms with Crippen LogP contribution in [0.4, 0.5) is 0 Å². The highest BCUT2D eigenvalue weighted by atomic mass is 32.2. The molecule has 0 atom stereocenters. The lowest BCUT2D eigenvalue weighted by Gasteiger charge is -2.07. The first-order valence-corrected chi connectivity index (χ1v) is 8.76. The molecule has 1 aromatic heterocycles. The van der Waals surface area contributed by atoms with Gasteiger partial charge in [0.05, 0.1) is 23.7 Å². The third-order valence-corrected chi connectivity index (χ3v) is 4.54. The third-order valence-electron chi connectivity index (χ3n) is 3.63. The second-order valence-electron chi connectivity index (χ2n) is 5.46. The lowest BCUT2D eigenvalue weighted by molar-refractivity contribution is -0.133. The topological polar surface area (TPSA) is 84.2 Å². The number of carbonyl (C=O) groups is 2. The number of rotatable bonds is 8. The predicted octanol–water partition coefficient (Wildman–Crippen LogP) is 1.98. The highest BCUT2D eigenvalue weighted by Crippen LogP contribution is 2.14. The van der Waals surface area contributed by atoms with E-state index >= 15 is 0 Å². The van der Waals surface area contributed by atoms with Crippen LogP contribution in [0.15, 0.2) is 30.3 Å². The van der Waals surface area contributed by atoms with Crippen LogP contribution in [-0.4, -0.2) is 38.3 Å². The minimum Gasteiger partial charge on any atom is -0.481 e. The van der Waals surface area contributed by atoms with Crippen molar-refractivity contribution in [3.8, 4) is 0 Å². The highest BCUT2D eigenvalue weighted by molar-refractivity contribution is 8.00. The standard InChI is InChI=1S/C17H21N3O3S/c1-12-15(8-18-16(21)10-24-11-17(22)23)13(2)20(19-12)9-14-6-4-3-5-7-14/h3-7H,8-11H2,1-2H3,(H,18,21)(H,22,23). The summed E-state index contributed by atoms with van der Waals surface area (Å²) >= 11 is 1.09. The van der Waals surface area contributed by atoms with Crippen LogP contribution in [0.5, 0.6) is 0 Å². The average molecular weight is 347 g/mol. The Morgan fingerprint density at radius 2 is 1.92 bits per heavy atom. The van der Waals surface area contributed by atoms with Crippen molar-refractivity contribution in [3.63, 3.8) is 0 Å². The number of benzene rings is 1. The van der Waals surface area contributed by atoms with Crippen molar-refractivity contribution in [2.75, 3.05) is 11.5 Å². The number of aryl methyl sites for hydroxylation is 1. The van der Waals surface area contributed by atoms with E-state index in [0.717, 1.165) is 28.7 Å². The minimum atomic E-state index is -0.915. The molecule has 0 fully saturated rings. The summed E-state index contributed by atoms with van der Waals surface area (Å²) in [5.74, 6) is -1.01. The number of carboxylic acids is 1. The van der Waals surface area contributed by atoms with Gasteiger partial charge in [-0.2, -0.15) is 5.10 Å². The van der Waals surface area contributed by atoms with Gasteiger partial charge in [-0.25, -0.2) is 0 Å². The zero-order valence-corrected chi connectivity index (χ0v) is 14.6. The fourth-order valence-corrected chi connectivity index (χ4v) is 2.93. The molecule has 0 saturated carbocycles. The van der Waals surface area contributed by atoms with Crippen molar-refractivity contribution in [2.45, 2.75) is 26.9 Å². The van der Waals surface area contributed by atoms with Gasteiger partial charge in [-0.1, -0.05) is 30.3 Å². The lowest BCUT2D eigenvalue weighted by atomic mass is 10.2. The predicted molar refractivity (Wildman–Crippen MR) is 94.1 cm³/mol. The van der Waals surface area contributed by atoms with Gasteiger partial charge in [0.15, 0.2) is 0 Å². The van der Waals surface area contributed by atoms with E-state index in [1.165, 1.54) is 5.56 Å². The molecule has 0 unspecified atom stereocenters. The molecule has 128 valence electrons. The molecular formula is C17H21N3O3S.